The lowest BCUT2D eigenvalue weighted by Gasteiger charge is -2.09. The molecule has 0 saturated carbocycles. The van der Waals surface area contributed by atoms with Crippen molar-refractivity contribution in [1.82, 2.24) is 4.57 Å². The van der Waals surface area contributed by atoms with Crippen molar-refractivity contribution in [2.45, 2.75) is 0 Å². The molecule has 1 aromatic heterocycles. The fourth-order valence-electron chi connectivity index (χ4n) is 3.27. The molecular formula is C20H13N3O2. The van der Waals surface area contributed by atoms with Crippen LogP contribution in [0.4, 0.5) is 5.69 Å². The topological polar surface area (TPSA) is 92.0 Å². The number of benzene rings is 3. The number of para-hydroxylation sites is 1. The summed E-state index contributed by atoms with van der Waals surface area (Å²) in [5.41, 5.74) is 9.48. The number of carboxylic acid groups (broad SMARTS) is 1. The smallest absolute Gasteiger partial charge is 0.336 e. The minimum atomic E-state index is -0.965. The van der Waals surface area contributed by atoms with Gasteiger partial charge >= 0.3 is 5.97 Å². The molecule has 3 N–H and O–H groups in total. The zero-order valence-corrected chi connectivity index (χ0v) is 13.1. The lowest BCUT2D eigenvalue weighted by molar-refractivity contribution is 0.0699. The maximum Gasteiger partial charge on any atom is 0.336 e. The Morgan fingerprint density at radius 3 is 2.52 bits per heavy atom. The molecule has 1 heterocycles. The first-order valence-corrected chi connectivity index (χ1v) is 7.67. The van der Waals surface area contributed by atoms with Crippen molar-refractivity contribution >= 4 is 33.5 Å². The minimum Gasteiger partial charge on any atom is -0.478 e. The van der Waals surface area contributed by atoms with E-state index >= 15 is 0 Å². The number of nitrogens with two attached hydrogens (primary N) is 1. The second kappa shape index (κ2) is 5.39. The lowest BCUT2D eigenvalue weighted by Crippen LogP contribution is -1.99. The van der Waals surface area contributed by atoms with E-state index in [0.29, 0.717) is 16.6 Å². The average molecular weight is 327 g/mol. The van der Waals surface area contributed by atoms with E-state index in [9.17, 15) is 9.90 Å². The SMILES string of the molecule is N#Cc1ccc(-n2c3ccccc3c3c(C(=O)O)cccc32)cc1N. The van der Waals surface area contributed by atoms with E-state index in [-0.39, 0.29) is 5.56 Å². The maximum absolute atomic E-state index is 11.7. The Morgan fingerprint density at radius 2 is 1.80 bits per heavy atom. The molecule has 0 unspecified atom stereocenters. The number of hydrogen-bond acceptors (Lipinski definition) is 3. The average Bonchev–Trinajstić information content (AvgIpc) is 2.96. The van der Waals surface area contributed by atoms with Crippen molar-refractivity contribution in [3.63, 3.8) is 0 Å². The number of aromatic nitrogens is 1. The zero-order valence-electron chi connectivity index (χ0n) is 13.1. The van der Waals surface area contributed by atoms with Gasteiger partial charge in [0, 0.05) is 16.5 Å². The van der Waals surface area contributed by atoms with Crippen LogP contribution in [0.15, 0.2) is 60.7 Å². The maximum atomic E-state index is 11.7. The van der Waals surface area contributed by atoms with Crippen molar-refractivity contribution in [2.24, 2.45) is 0 Å². The van der Waals surface area contributed by atoms with Crippen LogP contribution in [-0.4, -0.2) is 15.6 Å². The predicted molar refractivity (Wildman–Crippen MR) is 96.9 cm³/mol. The molecule has 0 aliphatic rings. The van der Waals surface area contributed by atoms with E-state index < -0.39 is 5.97 Å². The first kappa shape index (κ1) is 14.8. The van der Waals surface area contributed by atoms with Crippen LogP contribution in [0.2, 0.25) is 0 Å². The number of nitriles is 1. The predicted octanol–water partition coefficient (Wildman–Crippen LogP) is 3.94. The molecule has 0 bridgehead atoms. The first-order chi connectivity index (χ1) is 12.1. The van der Waals surface area contributed by atoms with Crippen molar-refractivity contribution in [3.05, 3.63) is 71.8 Å². The molecule has 0 saturated heterocycles. The normalized spacial score (nSPS) is 10.8. The summed E-state index contributed by atoms with van der Waals surface area (Å²) in [5.74, 6) is -0.965. The third-order valence-corrected chi connectivity index (χ3v) is 4.34. The molecule has 0 fully saturated rings. The van der Waals surface area contributed by atoms with Gasteiger partial charge in [0.1, 0.15) is 6.07 Å². The van der Waals surface area contributed by atoms with Crippen LogP contribution in [0.25, 0.3) is 27.5 Å². The monoisotopic (exact) mass is 327 g/mol. The highest BCUT2D eigenvalue weighted by Gasteiger charge is 2.18. The van der Waals surface area contributed by atoms with Gasteiger partial charge in [0.2, 0.25) is 0 Å². The number of nitrogen functional groups attached to an aromatic ring is 1. The Bertz CT molecular complexity index is 1200. The summed E-state index contributed by atoms with van der Waals surface area (Å²) in [6, 6.07) is 20.1. The largest absolute Gasteiger partial charge is 0.478 e. The summed E-state index contributed by atoms with van der Waals surface area (Å²) < 4.78 is 1.97. The molecule has 0 amide bonds. The number of hydrogen-bond donors (Lipinski definition) is 2. The number of carboxylic acids is 1. The van der Waals surface area contributed by atoms with Crippen LogP contribution in [0, 0.1) is 11.3 Å². The minimum absolute atomic E-state index is 0.258. The third kappa shape index (κ3) is 2.12. The highest BCUT2D eigenvalue weighted by Crippen LogP contribution is 2.34. The molecule has 5 nitrogen and oxygen atoms in total. The summed E-state index contributed by atoms with van der Waals surface area (Å²) in [7, 11) is 0. The Hall–Kier alpha value is -3.78. The van der Waals surface area contributed by atoms with Crippen LogP contribution in [-0.2, 0) is 0 Å². The van der Waals surface area contributed by atoms with E-state index in [0.717, 1.165) is 22.1 Å². The first-order valence-electron chi connectivity index (χ1n) is 7.67. The van der Waals surface area contributed by atoms with E-state index in [4.69, 9.17) is 11.0 Å². The number of aromatic carboxylic acids is 1. The zero-order chi connectivity index (χ0) is 17.6. The van der Waals surface area contributed by atoms with Crippen molar-refractivity contribution in [1.29, 1.82) is 5.26 Å². The highest BCUT2D eigenvalue weighted by atomic mass is 16.4. The fraction of sp³-hybridized carbons (Fsp3) is 0. The Morgan fingerprint density at radius 1 is 1.04 bits per heavy atom. The molecule has 0 spiro atoms. The van der Waals surface area contributed by atoms with Gasteiger partial charge in [0.05, 0.1) is 27.8 Å². The Kier molecular flexibility index (Phi) is 3.19. The molecule has 3 aromatic carbocycles. The van der Waals surface area contributed by atoms with Crippen LogP contribution < -0.4 is 5.73 Å². The van der Waals surface area contributed by atoms with Crippen molar-refractivity contribution in [2.75, 3.05) is 5.73 Å². The molecule has 0 radical (unpaired) electrons. The van der Waals surface area contributed by atoms with Crippen LogP contribution in [0.3, 0.4) is 0 Å². The van der Waals surface area contributed by atoms with Gasteiger partial charge in [0.25, 0.3) is 0 Å². The number of rotatable bonds is 2. The molecule has 4 rings (SSSR count). The van der Waals surface area contributed by atoms with E-state index in [1.165, 1.54) is 0 Å². The number of fused-ring (bicyclic) bond motifs is 3. The second-order valence-corrected chi connectivity index (χ2v) is 5.74. The highest BCUT2D eigenvalue weighted by molar-refractivity contribution is 6.17. The van der Waals surface area contributed by atoms with Crippen LogP contribution in [0.1, 0.15) is 15.9 Å². The van der Waals surface area contributed by atoms with Gasteiger partial charge in [-0.3, -0.25) is 0 Å². The summed E-state index contributed by atoms with van der Waals surface area (Å²) in [4.78, 5) is 11.7. The summed E-state index contributed by atoms with van der Waals surface area (Å²) in [6.45, 7) is 0. The van der Waals surface area contributed by atoms with Gasteiger partial charge in [-0.1, -0.05) is 24.3 Å². The van der Waals surface area contributed by atoms with Gasteiger partial charge in [-0.05, 0) is 36.4 Å². The van der Waals surface area contributed by atoms with E-state index in [1.54, 1.807) is 24.3 Å². The van der Waals surface area contributed by atoms with Crippen molar-refractivity contribution in [3.8, 4) is 11.8 Å². The summed E-state index contributed by atoms with van der Waals surface area (Å²) in [5, 5.41) is 20.2. The molecule has 0 atom stereocenters. The van der Waals surface area contributed by atoms with E-state index in [1.807, 2.05) is 41.0 Å². The Balaban J connectivity index is 2.17. The van der Waals surface area contributed by atoms with Gasteiger partial charge in [-0.15, -0.1) is 0 Å². The number of anilines is 1. The molecule has 120 valence electrons. The Labute approximate surface area is 143 Å². The molecule has 4 aromatic rings. The second-order valence-electron chi connectivity index (χ2n) is 5.74. The third-order valence-electron chi connectivity index (χ3n) is 4.34. The molecular weight excluding hydrogens is 314 g/mol. The van der Waals surface area contributed by atoms with Crippen molar-refractivity contribution < 1.29 is 9.90 Å². The van der Waals surface area contributed by atoms with Crippen LogP contribution >= 0.6 is 0 Å². The molecule has 0 aliphatic heterocycles. The van der Waals surface area contributed by atoms with Gasteiger partial charge in [-0.25, -0.2) is 4.79 Å². The standard InChI is InChI=1S/C20H13N3O2/c21-11-12-8-9-13(10-16(12)22)23-17-6-2-1-4-14(17)19-15(20(24)25)5-3-7-18(19)23/h1-10H,22H2,(H,24,25). The lowest BCUT2D eigenvalue weighted by atomic mass is 10.1. The van der Waals surface area contributed by atoms with Crippen LogP contribution in [0.5, 0.6) is 0 Å². The van der Waals surface area contributed by atoms with Gasteiger partial charge in [0.15, 0.2) is 0 Å². The van der Waals surface area contributed by atoms with Gasteiger partial charge < -0.3 is 15.4 Å². The number of nitrogens with zero attached hydrogens (tertiary/aromatic N) is 2. The fourth-order valence-corrected chi connectivity index (χ4v) is 3.27. The molecule has 5 heteroatoms. The van der Waals surface area contributed by atoms with Gasteiger partial charge in [-0.2, -0.15) is 5.26 Å². The molecule has 25 heavy (non-hydrogen) atoms. The molecule has 0 aliphatic carbocycles. The van der Waals surface area contributed by atoms with E-state index in [2.05, 4.69) is 6.07 Å². The summed E-state index contributed by atoms with van der Waals surface area (Å²) in [6.07, 6.45) is 0. The summed E-state index contributed by atoms with van der Waals surface area (Å²) >= 11 is 0. The quantitative estimate of drug-likeness (QED) is 0.546. The number of carbonyl (C=O) groups is 1.